The van der Waals surface area contributed by atoms with Crippen LogP contribution in [0.25, 0.3) is 0 Å². The first-order valence-corrected chi connectivity index (χ1v) is 14.2. The highest BCUT2D eigenvalue weighted by atomic mass is 33.1. The predicted octanol–water partition coefficient (Wildman–Crippen LogP) is 6.77. The van der Waals surface area contributed by atoms with Gasteiger partial charge in [-0.2, -0.15) is 0 Å². The van der Waals surface area contributed by atoms with Crippen molar-refractivity contribution in [1.82, 2.24) is 15.0 Å². The first-order valence-electron chi connectivity index (χ1n) is 5.26. The summed E-state index contributed by atoms with van der Waals surface area (Å²) in [6.07, 6.45) is 5.82. The van der Waals surface area contributed by atoms with Gasteiger partial charge in [0.1, 0.15) is 0 Å². The van der Waals surface area contributed by atoms with Gasteiger partial charge in [-0.15, -0.1) is 0 Å². The second kappa shape index (κ2) is 7.26. The van der Waals surface area contributed by atoms with Crippen LogP contribution in [0, 0.1) is 0 Å². The van der Waals surface area contributed by atoms with Crippen LogP contribution in [0.1, 0.15) is 0 Å². The first-order chi connectivity index (χ1) is 10.3. The maximum atomic E-state index is 4.45. The Bertz CT molecular complexity index is 591. The van der Waals surface area contributed by atoms with Crippen LogP contribution in [0.4, 0.5) is 0 Å². The zero-order valence-corrected chi connectivity index (χ0v) is 17.1. The van der Waals surface area contributed by atoms with E-state index in [9.17, 15) is 0 Å². The fourth-order valence-electron chi connectivity index (χ4n) is 1.19. The van der Waals surface area contributed by atoms with Crippen molar-refractivity contribution in [3.8, 4) is 0 Å². The number of aromatic nitrogens is 3. The first kappa shape index (κ1) is 15.5. The van der Waals surface area contributed by atoms with Crippen molar-refractivity contribution < 1.29 is 0 Å². The molecule has 0 radical (unpaired) electrons. The molecule has 0 fully saturated rings. The molecule has 1 aliphatic heterocycles. The molecule has 0 unspecified atom stereocenters. The van der Waals surface area contributed by atoms with Crippen molar-refractivity contribution in [3.63, 3.8) is 0 Å². The highest BCUT2D eigenvalue weighted by Gasteiger charge is 2.12. The van der Waals surface area contributed by atoms with Crippen LogP contribution in [0.2, 0.25) is 0 Å². The highest BCUT2D eigenvalue weighted by molar-refractivity contribution is 8.79. The number of hydrogen-bond donors (Lipinski definition) is 0. The van der Waals surface area contributed by atoms with Crippen LogP contribution >= 0.6 is 98.8 Å². The molecule has 1 aliphatic rings. The second-order valence-corrected chi connectivity index (χ2v) is 14.5. The monoisotopic (exact) mass is 441 g/mol. The average Bonchev–Trinajstić information content (AvgIpc) is 3.21. The van der Waals surface area contributed by atoms with Gasteiger partial charge in [0.15, 0.2) is 13.0 Å². The van der Waals surface area contributed by atoms with Gasteiger partial charge in [0.2, 0.25) is 0 Å². The molecular weight excluding hydrogens is 439 g/mol. The molecule has 3 aromatic rings. The van der Waals surface area contributed by atoms with Crippen molar-refractivity contribution >= 4 is 98.8 Å². The Morgan fingerprint density at radius 1 is 0.476 bits per heavy atom. The lowest BCUT2D eigenvalue weighted by molar-refractivity contribution is 1.24. The normalized spacial score (nSPS) is 15.4. The number of thiazole rings is 3. The summed E-state index contributed by atoms with van der Waals surface area (Å²) in [6.45, 7) is 0. The topological polar surface area (TPSA) is 38.7 Å². The van der Waals surface area contributed by atoms with Crippen molar-refractivity contribution in [2.45, 2.75) is 25.6 Å². The molecule has 0 amide bonds. The largest absolute Gasteiger partial charge is 0.236 e. The average molecular weight is 442 g/mol. The Labute approximate surface area is 156 Å². The Hall–Kier alpha value is 0.990. The molecule has 0 atom stereocenters. The number of rotatable bonds is 0. The van der Waals surface area contributed by atoms with Gasteiger partial charge in [0.25, 0.3) is 0 Å². The van der Waals surface area contributed by atoms with E-state index in [1.165, 1.54) is 12.6 Å². The summed E-state index contributed by atoms with van der Waals surface area (Å²) in [5.74, 6) is 0. The lowest BCUT2D eigenvalue weighted by Gasteiger charge is -1.92. The third-order valence-corrected chi connectivity index (χ3v) is 14.2. The van der Waals surface area contributed by atoms with E-state index < -0.39 is 0 Å². The van der Waals surface area contributed by atoms with E-state index in [0.717, 1.165) is 13.0 Å². The molecule has 3 aromatic heterocycles. The van der Waals surface area contributed by atoms with Crippen LogP contribution in [0.5, 0.6) is 0 Å². The van der Waals surface area contributed by atoms with Gasteiger partial charge in [-0.1, -0.05) is 34.0 Å². The quantitative estimate of drug-likeness (QED) is 0.351. The van der Waals surface area contributed by atoms with Crippen molar-refractivity contribution in [1.29, 1.82) is 0 Å². The molecule has 0 aromatic carbocycles. The molecule has 4 rings (SSSR count). The van der Waals surface area contributed by atoms with Gasteiger partial charge in [0.05, 0.1) is 31.2 Å². The number of fused-ring (bicyclic) bond motifs is 6. The molecule has 0 saturated carbocycles. The fourth-order valence-corrected chi connectivity index (χ4v) is 12.0. The molecule has 0 saturated heterocycles. The smallest absolute Gasteiger partial charge is 0.161 e. The minimum Gasteiger partial charge on any atom is -0.236 e. The Morgan fingerprint density at radius 2 is 0.810 bits per heavy atom. The van der Waals surface area contributed by atoms with E-state index in [1.54, 1.807) is 98.8 Å². The van der Waals surface area contributed by atoms with Gasteiger partial charge >= 0.3 is 0 Å². The molecule has 3 nitrogen and oxygen atoms in total. The lowest BCUT2D eigenvalue weighted by Crippen LogP contribution is -1.60. The Balaban J connectivity index is 1.62. The molecule has 108 valence electrons. The predicted molar refractivity (Wildman–Crippen MR) is 101 cm³/mol. The zero-order chi connectivity index (χ0) is 14.1. The summed E-state index contributed by atoms with van der Waals surface area (Å²) >= 11 is 5.17. The molecule has 6 bridgehead atoms. The van der Waals surface area contributed by atoms with Crippen molar-refractivity contribution in [3.05, 3.63) is 18.6 Å². The van der Waals surface area contributed by atoms with Gasteiger partial charge in [-0.3, -0.25) is 0 Å². The summed E-state index contributed by atoms with van der Waals surface area (Å²) < 4.78 is 6.87. The molecule has 21 heavy (non-hydrogen) atoms. The van der Waals surface area contributed by atoms with E-state index in [1.807, 2.05) is 18.6 Å². The maximum Gasteiger partial charge on any atom is 0.161 e. The van der Waals surface area contributed by atoms with Crippen LogP contribution in [0.3, 0.4) is 0 Å². The summed E-state index contributed by atoms with van der Waals surface area (Å²) in [4.78, 5) is 13.4. The highest BCUT2D eigenvalue weighted by Crippen LogP contribution is 2.50. The van der Waals surface area contributed by atoms with Gasteiger partial charge in [0, 0.05) is 0 Å². The summed E-state index contributed by atoms with van der Waals surface area (Å²) in [6, 6.07) is 0. The van der Waals surface area contributed by atoms with E-state index in [2.05, 4.69) is 15.0 Å². The fraction of sp³-hybridized carbons (Fsp3) is 0. The number of nitrogens with zero attached hydrogens (tertiary/aromatic N) is 3. The van der Waals surface area contributed by atoms with E-state index >= 15 is 0 Å². The van der Waals surface area contributed by atoms with Gasteiger partial charge in [-0.25, -0.2) is 15.0 Å². The van der Waals surface area contributed by atoms with Crippen molar-refractivity contribution in [2.75, 3.05) is 0 Å². The molecule has 0 spiro atoms. The van der Waals surface area contributed by atoms with Crippen molar-refractivity contribution in [2.24, 2.45) is 0 Å². The Morgan fingerprint density at radius 3 is 1.14 bits per heavy atom. The van der Waals surface area contributed by atoms with E-state index in [-0.39, 0.29) is 0 Å². The van der Waals surface area contributed by atoms with Gasteiger partial charge < -0.3 is 0 Å². The number of hydrogen-bond acceptors (Lipinski definition) is 12. The zero-order valence-electron chi connectivity index (χ0n) is 9.75. The molecular formula is C9H3N3S9. The van der Waals surface area contributed by atoms with E-state index in [0.29, 0.717) is 0 Å². The molecule has 0 aliphatic carbocycles. The van der Waals surface area contributed by atoms with Crippen LogP contribution in [-0.2, 0) is 0 Å². The van der Waals surface area contributed by atoms with Gasteiger partial charge in [-0.05, 0) is 64.8 Å². The standard InChI is InChI=1S/C9H3N3S9/c1-4-13-7(10-1)19-17-5-2-12-9(15-5)21-18-6-3-11-8(14-6)20-16-4/h1-3H. The van der Waals surface area contributed by atoms with E-state index in [4.69, 9.17) is 0 Å². The summed E-state index contributed by atoms with van der Waals surface area (Å²) in [5.41, 5.74) is 0. The van der Waals surface area contributed by atoms with Crippen LogP contribution in [0.15, 0.2) is 44.2 Å². The third kappa shape index (κ3) is 4.10. The second-order valence-electron chi connectivity index (χ2n) is 3.34. The Kier molecular flexibility index (Phi) is 5.36. The minimum atomic E-state index is 1.08. The minimum absolute atomic E-state index is 1.08. The molecule has 4 heterocycles. The molecule has 0 N–H and O–H groups in total. The van der Waals surface area contributed by atoms with Crippen LogP contribution in [-0.4, -0.2) is 15.0 Å². The summed E-state index contributed by atoms with van der Waals surface area (Å²) in [7, 11) is 10.3. The SMILES string of the molecule is c1nc2sc1SSc1ncc(s1)SSc1ncc(s1)SS2. The maximum absolute atomic E-state index is 4.45. The lowest BCUT2D eigenvalue weighted by atomic mass is 11.0. The summed E-state index contributed by atoms with van der Waals surface area (Å²) in [5, 5.41) is 0. The molecule has 12 heteroatoms. The third-order valence-electron chi connectivity index (χ3n) is 1.98. The van der Waals surface area contributed by atoms with Crippen LogP contribution < -0.4 is 0 Å².